The molecule has 0 bridgehead atoms. The molecule has 0 aliphatic heterocycles. The molecule has 0 fully saturated rings. The van der Waals surface area contributed by atoms with Crippen LogP contribution in [0.1, 0.15) is 24.3 Å². The molecule has 0 unspecified atom stereocenters. The molecule has 1 N–H and O–H groups in total. The normalized spacial score (nSPS) is 12.5. The lowest BCUT2D eigenvalue weighted by atomic mass is 10.2. The van der Waals surface area contributed by atoms with Crippen molar-refractivity contribution in [1.29, 1.82) is 0 Å². The zero-order chi connectivity index (χ0) is 16.2. The van der Waals surface area contributed by atoms with Gasteiger partial charge in [0.15, 0.2) is 9.90 Å². The Morgan fingerprint density at radius 1 is 1.38 bits per heavy atom. The van der Waals surface area contributed by atoms with Crippen molar-refractivity contribution in [3.63, 3.8) is 0 Å². The molecule has 1 aromatic heterocycles. The molecule has 1 aromatic rings. The predicted octanol–water partition coefficient (Wildman–Crippen LogP) is 1.05. The summed E-state index contributed by atoms with van der Waals surface area (Å²) >= 11 is 0.839. The molecular formula is C12H21N3O4S2. The third-order valence-corrected chi connectivity index (χ3v) is 5.89. The van der Waals surface area contributed by atoms with E-state index >= 15 is 0 Å². The second kappa shape index (κ2) is 7.30. The van der Waals surface area contributed by atoms with Crippen LogP contribution in [0.25, 0.3) is 0 Å². The third-order valence-electron chi connectivity index (χ3n) is 2.68. The van der Waals surface area contributed by atoms with E-state index in [1.165, 1.54) is 9.82 Å². The molecule has 120 valence electrons. The number of aromatic carboxylic acids is 1. The highest BCUT2D eigenvalue weighted by Gasteiger charge is 2.31. The average Bonchev–Trinajstić information content (AvgIpc) is 2.83. The molecular weight excluding hydrogens is 314 g/mol. The molecule has 0 saturated carbocycles. The molecule has 0 aliphatic rings. The van der Waals surface area contributed by atoms with Gasteiger partial charge in [0.25, 0.3) is 10.0 Å². The van der Waals surface area contributed by atoms with Gasteiger partial charge in [0.2, 0.25) is 0 Å². The fraction of sp³-hybridized carbons (Fsp3) is 0.667. The van der Waals surface area contributed by atoms with Gasteiger partial charge in [0.05, 0.1) is 5.51 Å². The first kappa shape index (κ1) is 18.0. The van der Waals surface area contributed by atoms with Crippen LogP contribution in [0.5, 0.6) is 0 Å². The minimum atomic E-state index is -3.84. The van der Waals surface area contributed by atoms with E-state index in [1.54, 1.807) is 0 Å². The molecule has 21 heavy (non-hydrogen) atoms. The summed E-state index contributed by atoms with van der Waals surface area (Å²) < 4.78 is 26.5. The van der Waals surface area contributed by atoms with Gasteiger partial charge in [-0.1, -0.05) is 13.8 Å². The summed E-state index contributed by atoms with van der Waals surface area (Å²) in [5.74, 6) is -1.19. The van der Waals surface area contributed by atoms with E-state index in [4.69, 9.17) is 5.11 Å². The van der Waals surface area contributed by atoms with E-state index in [9.17, 15) is 13.2 Å². The number of likely N-dealkylation sites (N-methyl/N-ethyl adjacent to an activating group) is 1. The average molecular weight is 335 g/mol. The van der Waals surface area contributed by atoms with Crippen LogP contribution >= 0.6 is 11.3 Å². The maximum absolute atomic E-state index is 12.7. The number of carbonyl (C=O) groups is 1. The Morgan fingerprint density at radius 3 is 2.48 bits per heavy atom. The highest BCUT2D eigenvalue weighted by molar-refractivity contribution is 7.91. The van der Waals surface area contributed by atoms with Crippen LogP contribution in [-0.4, -0.2) is 67.4 Å². The van der Waals surface area contributed by atoms with E-state index in [2.05, 4.69) is 4.98 Å². The number of thiazole rings is 1. The van der Waals surface area contributed by atoms with E-state index in [0.29, 0.717) is 19.6 Å². The van der Waals surface area contributed by atoms with Gasteiger partial charge in [-0.25, -0.2) is 18.2 Å². The zero-order valence-corrected chi connectivity index (χ0v) is 14.2. The lowest BCUT2D eigenvalue weighted by Crippen LogP contribution is -2.39. The summed E-state index contributed by atoms with van der Waals surface area (Å²) in [4.78, 5) is 16.6. The van der Waals surface area contributed by atoms with Gasteiger partial charge in [0.1, 0.15) is 0 Å². The van der Waals surface area contributed by atoms with Crippen LogP contribution in [0.15, 0.2) is 9.72 Å². The first-order valence-corrected chi connectivity index (χ1v) is 8.80. The van der Waals surface area contributed by atoms with Gasteiger partial charge in [0, 0.05) is 19.6 Å². The predicted molar refractivity (Wildman–Crippen MR) is 81.2 cm³/mol. The number of carboxylic acid groups (broad SMARTS) is 1. The van der Waals surface area contributed by atoms with Crippen molar-refractivity contribution in [2.45, 2.75) is 18.1 Å². The topological polar surface area (TPSA) is 90.8 Å². The summed E-state index contributed by atoms with van der Waals surface area (Å²) in [5, 5.41) is 9.05. The van der Waals surface area contributed by atoms with Gasteiger partial charge in [-0.3, -0.25) is 0 Å². The molecule has 0 aliphatic carbocycles. The molecule has 0 amide bonds. The van der Waals surface area contributed by atoms with Crippen LogP contribution in [0.4, 0.5) is 0 Å². The number of aromatic nitrogens is 1. The van der Waals surface area contributed by atoms with Crippen molar-refractivity contribution in [2.75, 3.05) is 33.7 Å². The second-order valence-corrected chi connectivity index (χ2v) is 8.34. The molecule has 0 radical (unpaired) electrons. The summed E-state index contributed by atoms with van der Waals surface area (Å²) in [6.07, 6.45) is 0. The van der Waals surface area contributed by atoms with Crippen molar-refractivity contribution in [3.05, 3.63) is 11.2 Å². The molecule has 1 rings (SSSR count). The number of rotatable bonds is 8. The summed E-state index contributed by atoms with van der Waals surface area (Å²) in [6.45, 7) is 5.05. The Balaban J connectivity index is 3.13. The van der Waals surface area contributed by atoms with Crippen molar-refractivity contribution < 1.29 is 18.3 Å². The van der Waals surface area contributed by atoms with Crippen LogP contribution in [0, 0.1) is 5.92 Å². The first-order chi connectivity index (χ1) is 9.66. The Hall–Kier alpha value is -1.03. The summed E-state index contributed by atoms with van der Waals surface area (Å²) in [6, 6.07) is 0. The standard InChI is InChI=1S/C12H21N3O4S2/c1-9(2)7-15(6-5-14(3)4)21(18,19)12-10(11(16)17)13-8-20-12/h8-9H,5-7H2,1-4H3,(H,16,17). The first-order valence-electron chi connectivity index (χ1n) is 6.48. The molecule has 7 nitrogen and oxygen atoms in total. The van der Waals surface area contributed by atoms with Crippen LogP contribution in [0.2, 0.25) is 0 Å². The van der Waals surface area contributed by atoms with Gasteiger partial charge >= 0.3 is 5.97 Å². The van der Waals surface area contributed by atoms with Crippen molar-refractivity contribution in [2.24, 2.45) is 5.92 Å². The lowest BCUT2D eigenvalue weighted by molar-refractivity contribution is 0.0687. The van der Waals surface area contributed by atoms with Crippen molar-refractivity contribution >= 4 is 27.3 Å². The summed E-state index contributed by atoms with van der Waals surface area (Å²) in [5.41, 5.74) is 0.842. The van der Waals surface area contributed by atoms with Gasteiger partial charge in [-0.05, 0) is 20.0 Å². The monoisotopic (exact) mass is 335 g/mol. The van der Waals surface area contributed by atoms with Crippen molar-refractivity contribution in [3.8, 4) is 0 Å². The second-order valence-electron chi connectivity index (χ2n) is 5.35. The molecule has 9 heteroatoms. The minimum Gasteiger partial charge on any atom is -0.476 e. The van der Waals surface area contributed by atoms with E-state index in [1.807, 2.05) is 32.8 Å². The van der Waals surface area contributed by atoms with E-state index in [-0.39, 0.29) is 10.1 Å². The Kier molecular flexibility index (Phi) is 6.26. The molecule has 0 atom stereocenters. The number of hydrogen-bond acceptors (Lipinski definition) is 6. The highest BCUT2D eigenvalue weighted by atomic mass is 32.2. The molecule has 1 heterocycles. The molecule has 0 aromatic carbocycles. The lowest BCUT2D eigenvalue weighted by Gasteiger charge is -2.24. The van der Waals surface area contributed by atoms with Gasteiger partial charge < -0.3 is 10.0 Å². The van der Waals surface area contributed by atoms with E-state index < -0.39 is 21.7 Å². The Bertz CT molecular complexity index is 581. The van der Waals surface area contributed by atoms with Gasteiger partial charge in [-0.15, -0.1) is 11.3 Å². The highest BCUT2D eigenvalue weighted by Crippen LogP contribution is 2.24. The summed E-state index contributed by atoms with van der Waals surface area (Å²) in [7, 11) is -0.129. The maximum Gasteiger partial charge on any atom is 0.356 e. The zero-order valence-electron chi connectivity index (χ0n) is 12.6. The maximum atomic E-state index is 12.7. The Morgan fingerprint density at radius 2 is 2.00 bits per heavy atom. The number of sulfonamides is 1. The van der Waals surface area contributed by atoms with Crippen LogP contribution in [0.3, 0.4) is 0 Å². The Labute approximate surface area is 129 Å². The fourth-order valence-electron chi connectivity index (χ4n) is 1.71. The van der Waals surface area contributed by atoms with Crippen LogP contribution < -0.4 is 0 Å². The van der Waals surface area contributed by atoms with Crippen molar-refractivity contribution in [1.82, 2.24) is 14.2 Å². The SMILES string of the molecule is CC(C)CN(CCN(C)C)S(=O)(=O)c1scnc1C(=O)O. The van der Waals surface area contributed by atoms with E-state index in [0.717, 1.165) is 11.3 Å². The number of carboxylic acids is 1. The van der Waals surface area contributed by atoms with Gasteiger partial charge in [-0.2, -0.15) is 4.31 Å². The van der Waals surface area contributed by atoms with Crippen LogP contribution in [-0.2, 0) is 10.0 Å². The molecule has 0 saturated heterocycles. The number of hydrogen-bond donors (Lipinski definition) is 1. The quantitative estimate of drug-likeness (QED) is 0.763. The smallest absolute Gasteiger partial charge is 0.356 e. The third kappa shape index (κ3) is 4.73. The molecule has 0 spiro atoms. The minimum absolute atomic E-state index is 0.142. The largest absolute Gasteiger partial charge is 0.476 e. The number of nitrogens with zero attached hydrogens (tertiary/aromatic N) is 3. The fourth-order valence-corrected chi connectivity index (χ4v) is 4.58.